The Hall–Kier alpha value is -1.36. The number of nitrogens with zero attached hydrogens (tertiary/aromatic N) is 2. The number of aromatic nitrogens is 2. The second-order valence-corrected chi connectivity index (χ2v) is 5.58. The van der Waals surface area contributed by atoms with E-state index in [0.717, 1.165) is 43.7 Å². The lowest BCUT2D eigenvalue weighted by atomic mass is 9.98. The molecule has 2 aliphatic rings. The minimum Gasteiger partial charge on any atom is -0.381 e. The van der Waals surface area contributed by atoms with Gasteiger partial charge in [0.15, 0.2) is 0 Å². The van der Waals surface area contributed by atoms with Crippen molar-refractivity contribution in [3.8, 4) is 0 Å². The molecule has 1 aromatic rings. The summed E-state index contributed by atoms with van der Waals surface area (Å²) in [4.78, 5) is 16.7. The average molecular weight is 263 g/mol. The van der Waals surface area contributed by atoms with Crippen LogP contribution >= 0.6 is 0 Å². The average Bonchev–Trinajstić information content (AvgIpc) is 2.79. The first-order valence-corrected chi connectivity index (χ1v) is 7.13. The third-order valence-electron chi connectivity index (χ3n) is 4.05. The Morgan fingerprint density at radius 1 is 1.42 bits per heavy atom. The smallest absolute Gasteiger partial charge is 0.223 e. The largest absolute Gasteiger partial charge is 0.381 e. The van der Waals surface area contributed by atoms with E-state index in [1.165, 1.54) is 0 Å². The van der Waals surface area contributed by atoms with E-state index in [0.29, 0.717) is 13.2 Å². The zero-order chi connectivity index (χ0) is 13.2. The van der Waals surface area contributed by atoms with Gasteiger partial charge in [0.1, 0.15) is 5.82 Å². The van der Waals surface area contributed by atoms with E-state index in [1.54, 1.807) is 0 Å². The molecule has 1 N–H and O–H groups in total. The predicted octanol–water partition coefficient (Wildman–Crippen LogP) is 1.05. The van der Waals surface area contributed by atoms with Gasteiger partial charge in [-0.05, 0) is 26.2 Å². The monoisotopic (exact) mass is 263 g/mol. The second kappa shape index (κ2) is 5.33. The molecule has 3 heterocycles. The van der Waals surface area contributed by atoms with Crippen LogP contribution in [0.1, 0.15) is 30.8 Å². The van der Waals surface area contributed by atoms with Crippen molar-refractivity contribution in [3.63, 3.8) is 0 Å². The number of aryl methyl sites for hydroxylation is 2. The Morgan fingerprint density at radius 3 is 3.00 bits per heavy atom. The van der Waals surface area contributed by atoms with Gasteiger partial charge in [-0.15, -0.1) is 0 Å². The molecule has 19 heavy (non-hydrogen) atoms. The standard InChI is InChI=1S/C14H21N3O2/c1-10-8-17-9-12(2-3-13(17)15-10)16-14(18)11-4-6-19-7-5-11/h8,11-12H,2-7,9H2,1H3,(H,16,18). The fourth-order valence-corrected chi connectivity index (χ4v) is 2.98. The van der Waals surface area contributed by atoms with Gasteiger partial charge in [-0.3, -0.25) is 4.79 Å². The first-order chi connectivity index (χ1) is 9.22. The molecule has 104 valence electrons. The van der Waals surface area contributed by atoms with Crippen LogP contribution in [-0.4, -0.2) is 34.7 Å². The van der Waals surface area contributed by atoms with E-state index in [4.69, 9.17) is 4.74 Å². The van der Waals surface area contributed by atoms with Crippen molar-refractivity contribution in [1.29, 1.82) is 0 Å². The number of nitrogens with one attached hydrogen (secondary N) is 1. The SMILES string of the molecule is Cc1cn2c(n1)CCC(NC(=O)C1CCOCC1)C2. The van der Waals surface area contributed by atoms with Crippen LogP contribution in [0.3, 0.4) is 0 Å². The summed E-state index contributed by atoms with van der Waals surface area (Å²) in [6.45, 7) is 4.30. The third kappa shape index (κ3) is 2.81. The highest BCUT2D eigenvalue weighted by molar-refractivity contribution is 5.79. The van der Waals surface area contributed by atoms with E-state index in [9.17, 15) is 4.79 Å². The normalized spacial score (nSPS) is 23.9. The fourth-order valence-electron chi connectivity index (χ4n) is 2.98. The van der Waals surface area contributed by atoms with E-state index in [2.05, 4.69) is 21.1 Å². The summed E-state index contributed by atoms with van der Waals surface area (Å²) < 4.78 is 7.47. The Bertz CT molecular complexity index is 463. The summed E-state index contributed by atoms with van der Waals surface area (Å²) >= 11 is 0. The van der Waals surface area contributed by atoms with Gasteiger partial charge in [0.05, 0.1) is 5.69 Å². The zero-order valence-electron chi connectivity index (χ0n) is 11.4. The first-order valence-electron chi connectivity index (χ1n) is 7.13. The van der Waals surface area contributed by atoms with Gasteiger partial charge in [0.25, 0.3) is 0 Å². The van der Waals surface area contributed by atoms with Crippen molar-refractivity contribution in [3.05, 3.63) is 17.7 Å². The van der Waals surface area contributed by atoms with Gasteiger partial charge in [-0.25, -0.2) is 4.98 Å². The molecule has 1 unspecified atom stereocenters. The number of amides is 1. The van der Waals surface area contributed by atoms with Crippen molar-refractivity contribution < 1.29 is 9.53 Å². The lowest BCUT2D eigenvalue weighted by Crippen LogP contribution is -2.44. The Morgan fingerprint density at radius 2 is 2.21 bits per heavy atom. The number of hydrogen-bond acceptors (Lipinski definition) is 3. The highest BCUT2D eigenvalue weighted by Crippen LogP contribution is 2.18. The number of ether oxygens (including phenoxy) is 1. The molecule has 0 aliphatic carbocycles. The van der Waals surface area contributed by atoms with Crippen LogP contribution in [0.25, 0.3) is 0 Å². The summed E-state index contributed by atoms with van der Waals surface area (Å²) in [5.74, 6) is 1.49. The van der Waals surface area contributed by atoms with E-state index in [1.807, 2.05) is 6.92 Å². The topological polar surface area (TPSA) is 56.2 Å². The molecule has 1 saturated heterocycles. The summed E-state index contributed by atoms with van der Waals surface area (Å²) in [6.07, 6.45) is 5.72. The van der Waals surface area contributed by atoms with Crippen LogP contribution in [0, 0.1) is 12.8 Å². The van der Waals surface area contributed by atoms with Crippen LogP contribution in [-0.2, 0) is 22.5 Å². The van der Waals surface area contributed by atoms with Crippen molar-refractivity contribution in [1.82, 2.24) is 14.9 Å². The van der Waals surface area contributed by atoms with Gasteiger partial charge in [-0.1, -0.05) is 0 Å². The lowest BCUT2D eigenvalue weighted by molar-refractivity contribution is -0.128. The minimum atomic E-state index is 0.139. The molecular weight excluding hydrogens is 242 g/mol. The van der Waals surface area contributed by atoms with Crippen LogP contribution in [0.2, 0.25) is 0 Å². The van der Waals surface area contributed by atoms with Gasteiger partial charge in [-0.2, -0.15) is 0 Å². The fraction of sp³-hybridized carbons (Fsp3) is 0.714. The maximum absolute atomic E-state index is 12.2. The van der Waals surface area contributed by atoms with Crippen molar-refractivity contribution in [2.75, 3.05) is 13.2 Å². The molecule has 0 aromatic carbocycles. The summed E-state index contributed by atoms with van der Waals surface area (Å²) in [7, 11) is 0. The third-order valence-corrected chi connectivity index (χ3v) is 4.05. The highest BCUT2D eigenvalue weighted by atomic mass is 16.5. The quantitative estimate of drug-likeness (QED) is 0.867. The maximum Gasteiger partial charge on any atom is 0.223 e. The molecule has 0 saturated carbocycles. The molecule has 1 amide bonds. The first kappa shape index (κ1) is 12.7. The molecule has 0 bridgehead atoms. The van der Waals surface area contributed by atoms with Crippen molar-refractivity contribution >= 4 is 5.91 Å². The Labute approximate surface area is 113 Å². The highest BCUT2D eigenvalue weighted by Gasteiger charge is 2.26. The minimum absolute atomic E-state index is 0.139. The van der Waals surface area contributed by atoms with Crippen LogP contribution in [0.5, 0.6) is 0 Å². The predicted molar refractivity (Wildman–Crippen MR) is 70.8 cm³/mol. The molecule has 0 radical (unpaired) electrons. The van der Waals surface area contributed by atoms with Crippen molar-refractivity contribution in [2.45, 2.75) is 45.2 Å². The molecule has 3 rings (SSSR count). The van der Waals surface area contributed by atoms with E-state index >= 15 is 0 Å². The zero-order valence-corrected chi connectivity index (χ0v) is 11.4. The van der Waals surface area contributed by atoms with Gasteiger partial charge < -0.3 is 14.6 Å². The molecule has 5 heteroatoms. The number of hydrogen-bond donors (Lipinski definition) is 1. The van der Waals surface area contributed by atoms with Crippen LogP contribution in [0.4, 0.5) is 0 Å². The van der Waals surface area contributed by atoms with Crippen LogP contribution in [0.15, 0.2) is 6.20 Å². The Balaban J connectivity index is 1.57. The maximum atomic E-state index is 12.2. The number of carbonyl (C=O) groups is 1. The summed E-state index contributed by atoms with van der Waals surface area (Å²) in [5.41, 5.74) is 1.06. The number of rotatable bonds is 2. The number of imidazole rings is 1. The van der Waals surface area contributed by atoms with E-state index < -0.39 is 0 Å². The van der Waals surface area contributed by atoms with Gasteiger partial charge in [0, 0.05) is 44.3 Å². The Kier molecular flexibility index (Phi) is 3.55. The number of fused-ring (bicyclic) bond motifs is 1. The molecule has 5 nitrogen and oxygen atoms in total. The molecule has 1 fully saturated rings. The molecule has 1 aromatic heterocycles. The van der Waals surface area contributed by atoms with E-state index in [-0.39, 0.29) is 17.9 Å². The van der Waals surface area contributed by atoms with Gasteiger partial charge in [0.2, 0.25) is 5.91 Å². The summed E-state index contributed by atoms with van der Waals surface area (Å²) in [6, 6.07) is 0.247. The lowest BCUT2D eigenvalue weighted by Gasteiger charge is -2.28. The molecule has 2 aliphatic heterocycles. The summed E-state index contributed by atoms with van der Waals surface area (Å²) in [5, 5.41) is 3.20. The van der Waals surface area contributed by atoms with Crippen LogP contribution < -0.4 is 5.32 Å². The molecule has 1 atom stereocenters. The second-order valence-electron chi connectivity index (χ2n) is 5.58. The molecule has 0 spiro atoms. The number of carbonyl (C=O) groups excluding carboxylic acids is 1. The van der Waals surface area contributed by atoms with Crippen molar-refractivity contribution in [2.24, 2.45) is 5.92 Å². The van der Waals surface area contributed by atoms with Gasteiger partial charge >= 0.3 is 0 Å². The molecular formula is C14H21N3O2.